The van der Waals surface area contributed by atoms with Crippen molar-refractivity contribution in [1.29, 1.82) is 0 Å². The molecule has 94 valence electrons. The quantitative estimate of drug-likeness (QED) is 0.877. The number of carbonyl (C=O) groups excluding carboxylic acids is 1. The van der Waals surface area contributed by atoms with Crippen LogP contribution in [0.15, 0.2) is 22.7 Å². The van der Waals surface area contributed by atoms with Crippen LogP contribution >= 0.6 is 15.9 Å². The van der Waals surface area contributed by atoms with E-state index in [1.165, 1.54) is 0 Å². The summed E-state index contributed by atoms with van der Waals surface area (Å²) in [5, 5.41) is 2.99. The first kappa shape index (κ1) is 14.2. The minimum atomic E-state index is 0.0208. The minimum absolute atomic E-state index is 0.0208. The molecule has 0 aromatic heterocycles. The molecule has 2 nitrogen and oxygen atoms in total. The zero-order valence-corrected chi connectivity index (χ0v) is 12.3. The molecule has 0 saturated heterocycles. The first-order valence-electron chi connectivity index (χ1n) is 6.12. The third kappa shape index (κ3) is 4.15. The van der Waals surface area contributed by atoms with Gasteiger partial charge in [-0.05, 0) is 36.6 Å². The van der Waals surface area contributed by atoms with Gasteiger partial charge in [0.1, 0.15) is 0 Å². The molecule has 3 heteroatoms. The lowest BCUT2D eigenvalue weighted by Gasteiger charge is -2.13. The topological polar surface area (TPSA) is 29.1 Å². The van der Waals surface area contributed by atoms with Crippen molar-refractivity contribution < 1.29 is 4.79 Å². The summed E-state index contributed by atoms with van der Waals surface area (Å²) in [5.41, 5.74) is 1.82. The third-order valence-corrected chi connectivity index (χ3v) is 4.02. The maximum atomic E-state index is 11.9. The van der Waals surface area contributed by atoms with E-state index in [4.69, 9.17) is 0 Å². The number of rotatable bonds is 5. The average molecular weight is 298 g/mol. The van der Waals surface area contributed by atoms with Crippen molar-refractivity contribution in [2.45, 2.75) is 33.6 Å². The molecule has 0 saturated carbocycles. The van der Waals surface area contributed by atoms with Gasteiger partial charge in [0, 0.05) is 16.6 Å². The highest BCUT2D eigenvalue weighted by atomic mass is 79.9. The molecule has 1 aromatic rings. The lowest BCUT2D eigenvalue weighted by Crippen LogP contribution is -2.28. The van der Waals surface area contributed by atoms with Crippen molar-refractivity contribution in [3.63, 3.8) is 0 Å². The van der Waals surface area contributed by atoms with E-state index in [0.717, 1.165) is 35.0 Å². The van der Waals surface area contributed by atoms with Crippen LogP contribution in [0.2, 0.25) is 0 Å². The molecule has 0 aliphatic heterocycles. The Balaban J connectivity index is 2.61. The van der Waals surface area contributed by atoms with Gasteiger partial charge >= 0.3 is 0 Å². The van der Waals surface area contributed by atoms with Gasteiger partial charge < -0.3 is 5.32 Å². The molecule has 0 atom stereocenters. The molecule has 1 rings (SSSR count). The summed E-state index contributed by atoms with van der Waals surface area (Å²) < 4.78 is 1.04. The molecule has 0 unspecified atom stereocenters. The van der Waals surface area contributed by atoms with Gasteiger partial charge in [-0.15, -0.1) is 0 Å². The van der Waals surface area contributed by atoms with E-state index in [1.807, 2.05) is 25.1 Å². The molecule has 1 amide bonds. The molecule has 1 N–H and O–H groups in total. The zero-order chi connectivity index (χ0) is 12.8. The summed E-state index contributed by atoms with van der Waals surface area (Å²) in [5.74, 6) is 0.600. The van der Waals surface area contributed by atoms with Gasteiger partial charge in [0.05, 0.1) is 0 Å². The zero-order valence-electron chi connectivity index (χ0n) is 10.7. The predicted molar refractivity (Wildman–Crippen MR) is 75.3 cm³/mol. The minimum Gasteiger partial charge on any atom is -0.352 e. The number of benzene rings is 1. The number of aryl methyl sites for hydroxylation is 1. The van der Waals surface area contributed by atoms with E-state index in [-0.39, 0.29) is 5.91 Å². The smallest absolute Gasteiger partial charge is 0.251 e. The van der Waals surface area contributed by atoms with Crippen LogP contribution in [-0.2, 0) is 0 Å². The third-order valence-electron chi connectivity index (χ3n) is 3.13. The highest BCUT2D eigenvalue weighted by Crippen LogP contribution is 2.17. The van der Waals surface area contributed by atoms with Gasteiger partial charge in [0.15, 0.2) is 0 Å². The van der Waals surface area contributed by atoms with Crippen LogP contribution in [0.25, 0.3) is 0 Å². The Morgan fingerprint density at radius 1 is 1.35 bits per heavy atom. The summed E-state index contributed by atoms with van der Waals surface area (Å²) in [6.07, 6.45) is 2.21. The Hall–Kier alpha value is -0.830. The van der Waals surface area contributed by atoms with E-state index in [2.05, 4.69) is 35.1 Å². The van der Waals surface area contributed by atoms with Crippen LogP contribution in [0, 0.1) is 12.8 Å². The monoisotopic (exact) mass is 297 g/mol. The number of hydrogen-bond donors (Lipinski definition) is 1. The van der Waals surface area contributed by atoms with Crippen LogP contribution < -0.4 is 5.32 Å². The standard InChI is InChI=1S/C14H20BrNO/c1-4-11(5-2)9-16-14(17)12-6-7-13(15)10(3)8-12/h6-8,11H,4-5,9H2,1-3H3,(H,16,17). The summed E-state index contributed by atoms with van der Waals surface area (Å²) in [4.78, 5) is 11.9. The molecule has 0 heterocycles. The van der Waals surface area contributed by atoms with Crippen LogP contribution in [0.4, 0.5) is 0 Å². The molecule has 0 aliphatic rings. The molecule has 0 bridgehead atoms. The highest BCUT2D eigenvalue weighted by molar-refractivity contribution is 9.10. The molecule has 1 aromatic carbocycles. The van der Waals surface area contributed by atoms with Crippen molar-refractivity contribution >= 4 is 21.8 Å². The Morgan fingerprint density at radius 2 is 2.00 bits per heavy atom. The SMILES string of the molecule is CCC(CC)CNC(=O)c1ccc(Br)c(C)c1. The van der Waals surface area contributed by atoms with Gasteiger partial charge in [-0.3, -0.25) is 4.79 Å². The van der Waals surface area contributed by atoms with Crippen molar-refractivity contribution in [2.75, 3.05) is 6.54 Å². The number of hydrogen-bond acceptors (Lipinski definition) is 1. The molecule has 17 heavy (non-hydrogen) atoms. The normalized spacial score (nSPS) is 10.6. The highest BCUT2D eigenvalue weighted by Gasteiger charge is 2.09. The van der Waals surface area contributed by atoms with Crippen molar-refractivity contribution in [2.24, 2.45) is 5.92 Å². The maximum absolute atomic E-state index is 11.9. The van der Waals surface area contributed by atoms with Gasteiger partial charge in [0.25, 0.3) is 5.91 Å². The van der Waals surface area contributed by atoms with Crippen LogP contribution in [0.3, 0.4) is 0 Å². The van der Waals surface area contributed by atoms with E-state index in [0.29, 0.717) is 5.92 Å². The lowest BCUT2D eigenvalue weighted by molar-refractivity contribution is 0.0946. The summed E-state index contributed by atoms with van der Waals surface area (Å²) in [7, 11) is 0. The molecular weight excluding hydrogens is 278 g/mol. The second-order valence-corrected chi connectivity index (χ2v) is 5.21. The van der Waals surface area contributed by atoms with Crippen molar-refractivity contribution in [3.8, 4) is 0 Å². The predicted octanol–water partition coefficient (Wildman–Crippen LogP) is 3.92. The number of carbonyl (C=O) groups is 1. The summed E-state index contributed by atoms with van der Waals surface area (Å²) >= 11 is 3.43. The van der Waals surface area contributed by atoms with E-state index >= 15 is 0 Å². The molecule has 0 fully saturated rings. The molecule has 0 radical (unpaired) electrons. The lowest BCUT2D eigenvalue weighted by atomic mass is 10.0. The Bertz CT molecular complexity index is 386. The fourth-order valence-electron chi connectivity index (χ4n) is 1.70. The molecular formula is C14H20BrNO. The number of halogens is 1. The number of nitrogens with one attached hydrogen (secondary N) is 1. The Labute approximate surface area is 112 Å². The van der Waals surface area contributed by atoms with Gasteiger partial charge in [-0.1, -0.05) is 42.6 Å². The van der Waals surface area contributed by atoms with Crippen LogP contribution in [0.1, 0.15) is 42.6 Å². The van der Waals surface area contributed by atoms with Crippen LogP contribution in [0.5, 0.6) is 0 Å². The summed E-state index contributed by atoms with van der Waals surface area (Å²) in [6.45, 7) is 7.07. The molecule has 0 aliphatic carbocycles. The fourth-order valence-corrected chi connectivity index (χ4v) is 1.95. The largest absolute Gasteiger partial charge is 0.352 e. The average Bonchev–Trinajstić information content (AvgIpc) is 2.33. The maximum Gasteiger partial charge on any atom is 0.251 e. The van der Waals surface area contributed by atoms with Gasteiger partial charge in [0.2, 0.25) is 0 Å². The Morgan fingerprint density at radius 3 is 2.53 bits per heavy atom. The van der Waals surface area contributed by atoms with Crippen molar-refractivity contribution in [1.82, 2.24) is 5.32 Å². The first-order valence-corrected chi connectivity index (χ1v) is 6.92. The first-order chi connectivity index (χ1) is 8.08. The van der Waals surface area contributed by atoms with E-state index in [9.17, 15) is 4.79 Å². The number of amides is 1. The van der Waals surface area contributed by atoms with Crippen molar-refractivity contribution in [3.05, 3.63) is 33.8 Å². The fraction of sp³-hybridized carbons (Fsp3) is 0.500. The van der Waals surface area contributed by atoms with E-state index in [1.54, 1.807) is 0 Å². The van der Waals surface area contributed by atoms with Gasteiger partial charge in [-0.25, -0.2) is 0 Å². The van der Waals surface area contributed by atoms with Gasteiger partial charge in [-0.2, -0.15) is 0 Å². The second-order valence-electron chi connectivity index (χ2n) is 4.36. The summed E-state index contributed by atoms with van der Waals surface area (Å²) in [6, 6.07) is 5.67. The Kier molecular flexibility index (Phi) is 5.69. The second kappa shape index (κ2) is 6.80. The molecule has 0 spiro atoms. The van der Waals surface area contributed by atoms with Crippen LogP contribution in [-0.4, -0.2) is 12.5 Å². The van der Waals surface area contributed by atoms with E-state index < -0.39 is 0 Å².